The van der Waals surface area contributed by atoms with E-state index in [4.69, 9.17) is 4.74 Å². The van der Waals surface area contributed by atoms with Crippen LogP contribution in [0.2, 0.25) is 0 Å². The first kappa shape index (κ1) is 10.0. The van der Waals surface area contributed by atoms with Crippen LogP contribution in [0.3, 0.4) is 0 Å². The van der Waals surface area contributed by atoms with Crippen molar-refractivity contribution in [3.63, 3.8) is 0 Å². The van der Waals surface area contributed by atoms with E-state index < -0.39 is 0 Å². The van der Waals surface area contributed by atoms with Gasteiger partial charge in [-0.1, -0.05) is 13.8 Å². The van der Waals surface area contributed by atoms with Crippen LogP contribution in [0.1, 0.15) is 34.6 Å². The van der Waals surface area contributed by atoms with Crippen LogP contribution in [0.4, 0.5) is 0 Å². The second kappa shape index (κ2) is 3.35. The molecule has 72 valence electrons. The minimum atomic E-state index is -0.0336. The quantitative estimate of drug-likeness (QED) is 0.631. The molecule has 1 fully saturated rings. The van der Waals surface area contributed by atoms with Crippen LogP contribution in [0, 0.1) is 5.92 Å². The molecule has 0 bridgehead atoms. The van der Waals surface area contributed by atoms with Crippen LogP contribution in [-0.2, 0) is 4.74 Å². The van der Waals surface area contributed by atoms with Gasteiger partial charge < -0.3 is 4.74 Å². The molecule has 0 spiro atoms. The second-order valence-corrected chi connectivity index (χ2v) is 4.34. The average Bonchev–Trinajstić information content (AvgIpc) is 2.32. The fourth-order valence-corrected chi connectivity index (χ4v) is 1.92. The monoisotopic (exact) mass is 171 g/mol. The summed E-state index contributed by atoms with van der Waals surface area (Å²) in [6.07, 6.45) is 0. The first-order valence-electron chi connectivity index (χ1n) is 4.89. The molecule has 0 N–H and O–H groups in total. The van der Waals surface area contributed by atoms with Crippen molar-refractivity contribution >= 4 is 0 Å². The van der Waals surface area contributed by atoms with E-state index in [0.29, 0.717) is 12.0 Å². The van der Waals surface area contributed by atoms with Gasteiger partial charge in [-0.3, -0.25) is 4.90 Å². The lowest BCUT2D eigenvalue weighted by Crippen LogP contribution is -2.49. The Labute approximate surface area is 75.9 Å². The van der Waals surface area contributed by atoms with Crippen molar-refractivity contribution in [3.8, 4) is 0 Å². The molecular formula is C10H21NO. The summed E-state index contributed by atoms with van der Waals surface area (Å²) in [5.41, 5.74) is -0.0336. The van der Waals surface area contributed by atoms with Gasteiger partial charge in [0.1, 0.15) is 5.72 Å². The van der Waals surface area contributed by atoms with Gasteiger partial charge in [0.15, 0.2) is 0 Å². The normalized spacial score (nSPS) is 32.2. The van der Waals surface area contributed by atoms with Gasteiger partial charge in [-0.2, -0.15) is 0 Å². The van der Waals surface area contributed by atoms with E-state index in [1.54, 1.807) is 0 Å². The Morgan fingerprint density at radius 1 is 1.25 bits per heavy atom. The third-order valence-corrected chi connectivity index (χ3v) is 2.99. The molecule has 0 aliphatic carbocycles. The zero-order valence-corrected chi connectivity index (χ0v) is 8.92. The number of rotatable bonds is 2. The molecule has 0 aromatic rings. The van der Waals surface area contributed by atoms with E-state index in [0.717, 1.165) is 13.2 Å². The van der Waals surface area contributed by atoms with E-state index in [1.807, 2.05) is 0 Å². The number of nitrogens with zero attached hydrogens (tertiary/aromatic N) is 1. The Morgan fingerprint density at radius 2 is 1.83 bits per heavy atom. The SMILES string of the molecule is CC(C)N1CCOC1(C)C(C)C. The maximum absolute atomic E-state index is 5.80. The third kappa shape index (κ3) is 1.50. The van der Waals surface area contributed by atoms with Gasteiger partial charge in [0.25, 0.3) is 0 Å². The van der Waals surface area contributed by atoms with Crippen molar-refractivity contribution < 1.29 is 4.74 Å². The van der Waals surface area contributed by atoms with Crippen molar-refractivity contribution in [2.24, 2.45) is 5.92 Å². The first-order valence-corrected chi connectivity index (χ1v) is 4.89. The van der Waals surface area contributed by atoms with Crippen molar-refractivity contribution in [1.82, 2.24) is 4.90 Å². The molecule has 1 atom stereocenters. The smallest absolute Gasteiger partial charge is 0.121 e. The van der Waals surface area contributed by atoms with Crippen molar-refractivity contribution in [2.75, 3.05) is 13.2 Å². The molecule has 12 heavy (non-hydrogen) atoms. The highest BCUT2D eigenvalue weighted by atomic mass is 16.5. The zero-order chi connectivity index (χ0) is 9.35. The molecule has 2 nitrogen and oxygen atoms in total. The highest BCUT2D eigenvalue weighted by Crippen LogP contribution is 2.31. The molecule has 0 saturated carbocycles. The molecule has 1 saturated heterocycles. The minimum absolute atomic E-state index is 0.0336. The van der Waals surface area contributed by atoms with Gasteiger partial charge in [0, 0.05) is 12.6 Å². The molecule has 0 radical (unpaired) electrons. The van der Waals surface area contributed by atoms with Crippen LogP contribution in [0.25, 0.3) is 0 Å². The average molecular weight is 171 g/mol. The lowest BCUT2D eigenvalue weighted by Gasteiger charge is -2.39. The Kier molecular flexibility index (Phi) is 2.79. The highest BCUT2D eigenvalue weighted by molar-refractivity contribution is 4.86. The molecule has 1 heterocycles. The third-order valence-electron chi connectivity index (χ3n) is 2.99. The summed E-state index contributed by atoms with van der Waals surface area (Å²) in [6.45, 7) is 13.1. The zero-order valence-electron chi connectivity index (χ0n) is 8.92. The Bertz CT molecular complexity index is 156. The van der Waals surface area contributed by atoms with Crippen LogP contribution in [0.5, 0.6) is 0 Å². The molecule has 1 aliphatic heterocycles. The number of hydrogen-bond acceptors (Lipinski definition) is 2. The summed E-state index contributed by atoms with van der Waals surface area (Å²) >= 11 is 0. The summed E-state index contributed by atoms with van der Waals surface area (Å²) in [6, 6.07) is 0.583. The van der Waals surface area contributed by atoms with Gasteiger partial charge in [-0.25, -0.2) is 0 Å². The molecule has 1 aliphatic rings. The Hall–Kier alpha value is -0.0800. The lowest BCUT2D eigenvalue weighted by atomic mass is 9.99. The summed E-state index contributed by atoms with van der Waals surface area (Å²) < 4.78 is 5.80. The lowest BCUT2D eigenvalue weighted by molar-refractivity contribution is -0.112. The van der Waals surface area contributed by atoms with E-state index in [2.05, 4.69) is 39.5 Å². The number of ether oxygens (including phenoxy) is 1. The van der Waals surface area contributed by atoms with Gasteiger partial charge in [-0.05, 0) is 26.7 Å². The van der Waals surface area contributed by atoms with Crippen LogP contribution < -0.4 is 0 Å². The van der Waals surface area contributed by atoms with E-state index >= 15 is 0 Å². The fourth-order valence-electron chi connectivity index (χ4n) is 1.92. The van der Waals surface area contributed by atoms with Crippen molar-refractivity contribution in [3.05, 3.63) is 0 Å². The summed E-state index contributed by atoms with van der Waals surface area (Å²) in [4.78, 5) is 2.44. The summed E-state index contributed by atoms with van der Waals surface area (Å²) in [7, 11) is 0. The maximum Gasteiger partial charge on any atom is 0.121 e. The highest BCUT2D eigenvalue weighted by Gasteiger charge is 2.41. The molecule has 0 amide bonds. The molecule has 2 heteroatoms. The summed E-state index contributed by atoms with van der Waals surface area (Å²) in [5.74, 6) is 0.558. The molecule has 0 aromatic heterocycles. The number of hydrogen-bond donors (Lipinski definition) is 0. The van der Waals surface area contributed by atoms with E-state index in [9.17, 15) is 0 Å². The van der Waals surface area contributed by atoms with E-state index in [-0.39, 0.29) is 5.72 Å². The Morgan fingerprint density at radius 3 is 2.17 bits per heavy atom. The fraction of sp³-hybridized carbons (Fsp3) is 1.00. The van der Waals surface area contributed by atoms with Crippen LogP contribution in [-0.4, -0.2) is 29.8 Å². The Balaban J connectivity index is 2.74. The first-order chi connectivity index (χ1) is 5.48. The van der Waals surface area contributed by atoms with Crippen molar-refractivity contribution in [1.29, 1.82) is 0 Å². The molecular weight excluding hydrogens is 150 g/mol. The van der Waals surface area contributed by atoms with Gasteiger partial charge in [0.05, 0.1) is 6.61 Å². The van der Waals surface area contributed by atoms with Crippen molar-refractivity contribution in [2.45, 2.75) is 46.4 Å². The largest absolute Gasteiger partial charge is 0.359 e. The molecule has 0 aromatic carbocycles. The van der Waals surface area contributed by atoms with E-state index in [1.165, 1.54) is 0 Å². The standard InChI is InChI=1S/C10H21NO/c1-8(2)10(5)11(9(3)4)6-7-12-10/h8-9H,6-7H2,1-5H3. The van der Waals surface area contributed by atoms with Gasteiger partial charge in [0.2, 0.25) is 0 Å². The summed E-state index contributed by atoms with van der Waals surface area (Å²) in [5, 5.41) is 0. The van der Waals surface area contributed by atoms with Gasteiger partial charge in [-0.15, -0.1) is 0 Å². The topological polar surface area (TPSA) is 12.5 Å². The van der Waals surface area contributed by atoms with Crippen LogP contribution >= 0.6 is 0 Å². The van der Waals surface area contributed by atoms with Gasteiger partial charge >= 0.3 is 0 Å². The predicted molar refractivity (Wildman–Crippen MR) is 51.0 cm³/mol. The molecule has 1 rings (SSSR count). The predicted octanol–water partition coefficient (Wildman–Crippen LogP) is 2.10. The second-order valence-electron chi connectivity index (χ2n) is 4.34. The van der Waals surface area contributed by atoms with Crippen LogP contribution in [0.15, 0.2) is 0 Å². The minimum Gasteiger partial charge on any atom is -0.359 e. The maximum atomic E-state index is 5.80. The molecule has 1 unspecified atom stereocenters.